The van der Waals surface area contributed by atoms with Crippen LogP contribution in [0.25, 0.3) is 6.08 Å². The zero-order chi connectivity index (χ0) is 15.2. The monoisotopic (exact) mass is 307 g/mol. The number of carbonyl (C=O) groups excluding carboxylic acids is 1. The van der Waals surface area contributed by atoms with Gasteiger partial charge in [0.05, 0.1) is 12.5 Å². The highest BCUT2D eigenvalue weighted by molar-refractivity contribution is 7.99. The van der Waals surface area contributed by atoms with Crippen molar-refractivity contribution in [1.82, 2.24) is 4.90 Å². The van der Waals surface area contributed by atoms with E-state index >= 15 is 0 Å². The van der Waals surface area contributed by atoms with Crippen molar-refractivity contribution in [2.24, 2.45) is 0 Å². The van der Waals surface area contributed by atoms with Gasteiger partial charge >= 0.3 is 5.97 Å². The molecule has 1 amide bonds. The van der Waals surface area contributed by atoms with Gasteiger partial charge in [-0.1, -0.05) is 12.1 Å². The Bertz CT molecular complexity index is 541. The topological polar surface area (TPSA) is 66.8 Å². The lowest BCUT2D eigenvalue weighted by Crippen LogP contribution is -2.40. The van der Waals surface area contributed by atoms with E-state index in [0.29, 0.717) is 18.2 Å². The summed E-state index contributed by atoms with van der Waals surface area (Å²) in [5, 5.41) is 9.05. The zero-order valence-corrected chi connectivity index (χ0v) is 12.5. The number of hydrogen-bond acceptors (Lipinski definition) is 4. The van der Waals surface area contributed by atoms with Gasteiger partial charge in [-0.25, -0.2) is 4.79 Å². The highest BCUT2D eigenvalue weighted by Crippen LogP contribution is 2.21. The Morgan fingerprint density at radius 3 is 2.76 bits per heavy atom. The van der Waals surface area contributed by atoms with Gasteiger partial charge in [-0.2, -0.15) is 0 Å². The average molecular weight is 307 g/mol. The number of hydrogen-bond donors (Lipinski definition) is 1. The molecule has 1 unspecified atom stereocenters. The Morgan fingerprint density at radius 1 is 1.43 bits per heavy atom. The fourth-order valence-corrected chi connectivity index (χ4v) is 3.12. The number of nitrogens with zero attached hydrogens (tertiary/aromatic N) is 1. The minimum Gasteiger partial charge on any atom is -0.494 e. The van der Waals surface area contributed by atoms with E-state index in [1.165, 1.54) is 22.7 Å². The largest absolute Gasteiger partial charge is 0.494 e. The number of carboxylic acid groups (broad SMARTS) is 1. The molecule has 1 aliphatic rings. The van der Waals surface area contributed by atoms with Gasteiger partial charge in [0.25, 0.3) is 0 Å². The molecular weight excluding hydrogens is 290 g/mol. The van der Waals surface area contributed by atoms with E-state index in [1.807, 2.05) is 31.2 Å². The second-order valence-corrected chi connectivity index (χ2v) is 5.50. The van der Waals surface area contributed by atoms with Gasteiger partial charge in [0.15, 0.2) is 0 Å². The maximum Gasteiger partial charge on any atom is 0.327 e. The number of aliphatic carboxylic acids is 1. The molecule has 2 rings (SSSR count). The van der Waals surface area contributed by atoms with Crippen LogP contribution in [0.1, 0.15) is 12.5 Å². The summed E-state index contributed by atoms with van der Waals surface area (Å²) in [6.45, 7) is 2.52. The number of benzene rings is 1. The van der Waals surface area contributed by atoms with Crippen LogP contribution in [0.15, 0.2) is 30.3 Å². The van der Waals surface area contributed by atoms with Crippen molar-refractivity contribution in [3.8, 4) is 5.75 Å². The standard InChI is InChI=1S/C15H17NO4S/c1-2-20-12-6-3-11(4-7-12)5-8-14(17)16-10-21-9-13(16)15(18)19/h3-8,13H,2,9-10H2,1H3,(H,18,19)/b8-5+. The predicted molar refractivity (Wildman–Crippen MR) is 82.2 cm³/mol. The molecule has 6 heteroatoms. The van der Waals surface area contributed by atoms with Gasteiger partial charge in [-0.3, -0.25) is 4.79 Å². The summed E-state index contributed by atoms with van der Waals surface area (Å²) in [6, 6.07) is 6.64. The Morgan fingerprint density at radius 2 is 2.14 bits per heavy atom. The van der Waals surface area contributed by atoms with Crippen molar-refractivity contribution in [3.63, 3.8) is 0 Å². The first-order chi connectivity index (χ1) is 10.1. The summed E-state index contributed by atoms with van der Waals surface area (Å²) in [7, 11) is 0. The second-order valence-electron chi connectivity index (χ2n) is 4.50. The molecule has 1 heterocycles. The Balaban J connectivity index is 1.99. The third-order valence-electron chi connectivity index (χ3n) is 3.06. The molecule has 0 saturated carbocycles. The van der Waals surface area contributed by atoms with Crippen LogP contribution in [0.4, 0.5) is 0 Å². The van der Waals surface area contributed by atoms with Gasteiger partial charge in [-0.05, 0) is 30.7 Å². The molecule has 112 valence electrons. The van der Waals surface area contributed by atoms with E-state index in [0.717, 1.165) is 11.3 Å². The van der Waals surface area contributed by atoms with E-state index in [9.17, 15) is 9.59 Å². The molecule has 1 aliphatic heterocycles. The van der Waals surface area contributed by atoms with Crippen molar-refractivity contribution in [2.75, 3.05) is 18.2 Å². The van der Waals surface area contributed by atoms with Crippen molar-refractivity contribution in [1.29, 1.82) is 0 Å². The molecule has 1 aromatic carbocycles. The molecule has 1 N–H and O–H groups in total. The Hall–Kier alpha value is -1.95. The SMILES string of the molecule is CCOc1ccc(/C=C/C(=O)N2CSCC2C(=O)O)cc1. The second kappa shape index (κ2) is 7.17. The van der Waals surface area contributed by atoms with Crippen LogP contribution < -0.4 is 4.74 Å². The third kappa shape index (κ3) is 4.01. The molecule has 1 aromatic rings. The van der Waals surface area contributed by atoms with Gasteiger partial charge in [0.1, 0.15) is 11.8 Å². The molecule has 0 radical (unpaired) electrons. The van der Waals surface area contributed by atoms with E-state index in [-0.39, 0.29) is 5.91 Å². The van der Waals surface area contributed by atoms with Crippen LogP contribution in [-0.4, -0.2) is 46.2 Å². The first-order valence-electron chi connectivity index (χ1n) is 6.64. The van der Waals surface area contributed by atoms with Crippen LogP contribution >= 0.6 is 11.8 Å². The molecule has 0 aromatic heterocycles. The van der Waals surface area contributed by atoms with Gasteiger partial charge in [-0.15, -0.1) is 11.8 Å². The summed E-state index contributed by atoms with van der Waals surface area (Å²) < 4.78 is 5.34. The molecule has 0 bridgehead atoms. The number of ether oxygens (including phenoxy) is 1. The van der Waals surface area contributed by atoms with Crippen LogP contribution in [0.5, 0.6) is 5.75 Å². The smallest absolute Gasteiger partial charge is 0.327 e. The number of amides is 1. The van der Waals surface area contributed by atoms with E-state index in [1.54, 1.807) is 6.08 Å². The number of carboxylic acids is 1. The van der Waals surface area contributed by atoms with Crippen molar-refractivity contribution < 1.29 is 19.4 Å². The summed E-state index contributed by atoms with van der Waals surface area (Å²) in [5.74, 6) is 0.411. The quantitative estimate of drug-likeness (QED) is 0.844. The Kier molecular flexibility index (Phi) is 5.27. The van der Waals surface area contributed by atoms with E-state index in [2.05, 4.69) is 0 Å². The molecule has 1 saturated heterocycles. The highest BCUT2D eigenvalue weighted by Gasteiger charge is 2.33. The first-order valence-corrected chi connectivity index (χ1v) is 7.79. The molecule has 0 aliphatic carbocycles. The van der Waals surface area contributed by atoms with E-state index < -0.39 is 12.0 Å². The lowest BCUT2D eigenvalue weighted by molar-refractivity contribution is -0.146. The van der Waals surface area contributed by atoms with Crippen LogP contribution in [-0.2, 0) is 9.59 Å². The highest BCUT2D eigenvalue weighted by atomic mass is 32.2. The van der Waals surface area contributed by atoms with Crippen LogP contribution in [0.2, 0.25) is 0 Å². The number of carbonyl (C=O) groups is 2. The zero-order valence-electron chi connectivity index (χ0n) is 11.7. The summed E-state index contributed by atoms with van der Waals surface area (Å²) >= 11 is 1.45. The summed E-state index contributed by atoms with van der Waals surface area (Å²) in [5.41, 5.74) is 0.866. The minimum atomic E-state index is -0.956. The van der Waals surface area contributed by atoms with Crippen molar-refractivity contribution >= 4 is 29.7 Å². The average Bonchev–Trinajstić information content (AvgIpc) is 2.96. The maximum atomic E-state index is 12.0. The maximum absolute atomic E-state index is 12.0. The molecule has 1 fully saturated rings. The lowest BCUT2D eigenvalue weighted by Gasteiger charge is -2.18. The first kappa shape index (κ1) is 15.4. The van der Waals surface area contributed by atoms with Gasteiger partial charge in [0, 0.05) is 11.8 Å². The number of thioether (sulfide) groups is 1. The van der Waals surface area contributed by atoms with Crippen molar-refractivity contribution in [3.05, 3.63) is 35.9 Å². The van der Waals surface area contributed by atoms with Crippen LogP contribution in [0.3, 0.4) is 0 Å². The lowest BCUT2D eigenvalue weighted by atomic mass is 10.2. The minimum absolute atomic E-state index is 0.277. The third-order valence-corrected chi connectivity index (χ3v) is 4.07. The van der Waals surface area contributed by atoms with Gasteiger partial charge in [0.2, 0.25) is 5.91 Å². The van der Waals surface area contributed by atoms with Crippen LogP contribution in [0, 0.1) is 0 Å². The fraction of sp³-hybridized carbons (Fsp3) is 0.333. The molecule has 1 atom stereocenters. The predicted octanol–water partition coefficient (Wildman–Crippen LogP) is 2.08. The van der Waals surface area contributed by atoms with Crippen molar-refractivity contribution in [2.45, 2.75) is 13.0 Å². The van der Waals surface area contributed by atoms with E-state index in [4.69, 9.17) is 9.84 Å². The summed E-state index contributed by atoms with van der Waals surface area (Å²) in [4.78, 5) is 24.5. The number of rotatable bonds is 5. The molecule has 5 nitrogen and oxygen atoms in total. The Labute approximate surface area is 127 Å². The molecule has 21 heavy (non-hydrogen) atoms. The van der Waals surface area contributed by atoms with Gasteiger partial charge < -0.3 is 14.7 Å². The molecular formula is C15H17NO4S. The normalized spacial score (nSPS) is 18.1. The summed E-state index contributed by atoms with van der Waals surface area (Å²) in [6.07, 6.45) is 3.09. The molecule has 0 spiro atoms. The fourth-order valence-electron chi connectivity index (χ4n) is 1.97.